The van der Waals surface area contributed by atoms with E-state index in [1.807, 2.05) is 6.92 Å². The van der Waals surface area contributed by atoms with E-state index in [2.05, 4.69) is 26.3 Å². The van der Waals surface area contributed by atoms with Crippen LogP contribution in [0.3, 0.4) is 0 Å². The van der Waals surface area contributed by atoms with Gasteiger partial charge in [-0.3, -0.25) is 9.00 Å². The van der Waals surface area contributed by atoms with E-state index < -0.39 is 29.1 Å². The van der Waals surface area contributed by atoms with E-state index in [1.54, 1.807) is 6.26 Å². The highest BCUT2D eigenvalue weighted by Gasteiger charge is 2.29. The highest BCUT2D eigenvalue weighted by Crippen LogP contribution is 2.19. The molecule has 2 atom stereocenters. The molecule has 0 aliphatic rings. The summed E-state index contributed by atoms with van der Waals surface area (Å²) in [4.78, 5) is 11.7. The van der Waals surface area contributed by atoms with Gasteiger partial charge in [0, 0.05) is 28.9 Å². The summed E-state index contributed by atoms with van der Waals surface area (Å²) in [6, 6.07) is 0. The smallest absolute Gasteiger partial charge is 0.383 e. The second-order valence-corrected chi connectivity index (χ2v) is 7.07. The highest BCUT2D eigenvalue weighted by molar-refractivity contribution is 9.10. The molecule has 0 fully saturated rings. The zero-order chi connectivity index (χ0) is 16.2. The summed E-state index contributed by atoms with van der Waals surface area (Å²) in [6.07, 6.45) is -1.15. The third-order valence-electron chi connectivity index (χ3n) is 2.75. The maximum atomic E-state index is 12.3. The first-order valence-corrected chi connectivity index (χ1v) is 8.41. The van der Waals surface area contributed by atoms with Gasteiger partial charge < -0.3 is 5.32 Å². The van der Waals surface area contributed by atoms with Crippen molar-refractivity contribution in [3.05, 3.63) is 21.0 Å². The second kappa shape index (κ2) is 7.39. The molecule has 0 bridgehead atoms. The zero-order valence-corrected chi connectivity index (χ0v) is 13.8. The monoisotopic (exact) mass is 389 g/mol. The van der Waals surface area contributed by atoms with Crippen molar-refractivity contribution in [3.8, 4) is 0 Å². The molecule has 1 heterocycles. The molecule has 21 heavy (non-hydrogen) atoms. The maximum absolute atomic E-state index is 12.3. The lowest BCUT2D eigenvalue weighted by Gasteiger charge is -2.13. The molecule has 0 spiro atoms. The summed E-state index contributed by atoms with van der Waals surface area (Å²) >= 11 is 2.97. The molecule has 2 unspecified atom stereocenters. The fraction of sp³-hybridized carbons (Fsp3) is 0.636. The summed E-state index contributed by atoms with van der Waals surface area (Å²) in [7, 11) is -0.951. The Labute approximate surface area is 130 Å². The summed E-state index contributed by atoms with van der Waals surface area (Å²) in [6.45, 7) is 0.826. The lowest BCUT2D eigenvalue weighted by Crippen LogP contribution is -2.31. The van der Waals surface area contributed by atoms with Gasteiger partial charge in [-0.05, 0) is 22.4 Å². The first-order valence-electron chi connectivity index (χ1n) is 6.00. The van der Waals surface area contributed by atoms with Crippen LogP contribution in [0.1, 0.15) is 13.3 Å². The van der Waals surface area contributed by atoms with Gasteiger partial charge in [-0.15, -0.1) is 0 Å². The minimum Gasteiger partial charge on any atom is -0.383 e. The Morgan fingerprint density at radius 3 is 2.67 bits per heavy atom. The Kier molecular flexibility index (Phi) is 6.39. The lowest BCUT2D eigenvalue weighted by atomic mass is 10.3. The zero-order valence-electron chi connectivity index (χ0n) is 11.4. The quantitative estimate of drug-likeness (QED) is 0.809. The minimum atomic E-state index is -4.51. The molecule has 0 saturated carbocycles. The Hall–Kier alpha value is -0.900. The van der Waals surface area contributed by atoms with Crippen molar-refractivity contribution in [2.75, 3.05) is 18.1 Å². The third-order valence-corrected chi connectivity index (χ3v) is 4.88. The van der Waals surface area contributed by atoms with Crippen LogP contribution in [0.15, 0.2) is 15.5 Å². The van der Waals surface area contributed by atoms with E-state index in [-0.39, 0.29) is 9.72 Å². The van der Waals surface area contributed by atoms with Gasteiger partial charge in [0.15, 0.2) is 0 Å². The molecule has 0 amide bonds. The molecule has 0 saturated heterocycles. The summed E-state index contributed by atoms with van der Waals surface area (Å²) in [5.41, 5.74) is -0.544. The number of nitrogens with zero attached hydrogens (tertiary/aromatic N) is 2. The lowest BCUT2D eigenvalue weighted by molar-refractivity contribution is -0.143. The predicted molar refractivity (Wildman–Crippen MR) is 78.9 cm³/mol. The first kappa shape index (κ1) is 18.1. The number of hydrogen-bond donors (Lipinski definition) is 1. The van der Waals surface area contributed by atoms with E-state index in [4.69, 9.17) is 0 Å². The van der Waals surface area contributed by atoms with Crippen LogP contribution in [-0.2, 0) is 17.3 Å². The Morgan fingerprint density at radius 1 is 1.52 bits per heavy atom. The van der Waals surface area contributed by atoms with Crippen molar-refractivity contribution in [1.82, 2.24) is 9.78 Å². The number of halogens is 4. The van der Waals surface area contributed by atoms with Crippen LogP contribution < -0.4 is 10.9 Å². The fourth-order valence-corrected chi connectivity index (χ4v) is 2.34. The highest BCUT2D eigenvalue weighted by atomic mass is 79.9. The van der Waals surface area contributed by atoms with Crippen molar-refractivity contribution in [2.45, 2.75) is 31.3 Å². The molecule has 0 aliphatic carbocycles. The van der Waals surface area contributed by atoms with Crippen LogP contribution >= 0.6 is 15.9 Å². The Bertz CT molecular complexity index is 577. The van der Waals surface area contributed by atoms with Crippen LogP contribution in [0.5, 0.6) is 0 Å². The number of hydrogen-bond acceptors (Lipinski definition) is 4. The van der Waals surface area contributed by atoms with Gasteiger partial charge in [0.1, 0.15) is 11.0 Å². The number of nitrogens with one attached hydrogen (secondary N) is 1. The van der Waals surface area contributed by atoms with Crippen molar-refractivity contribution in [3.63, 3.8) is 0 Å². The van der Waals surface area contributed by atoms with Crippen molar-refractivity contribution < 1.29 is 17.4 Å². The predicted octanol–water partition coefficient (Wildman–Crippen LogP) is 2.14. The Morgan fingerprint density at radius 2 is 2.14 bits per heavy atom. The van der Waals surface area contributed by atoms with Crippen molar-refractivity contribution in [2.24, 2.45) is 0 Å². The SMILES string of the molecule is CC(CCNc1cnn(CC(F)(F)F)c(=O)c1Br)S(C)=O. The standard InChI is InChI=1S/C11H15BrF3N3O2S/c1-7(21(2)20)3-4-16-8-5-17-18(6-11(13,14)15)10(19)9(8)12/h5,7,16H,3-4,6H2,1-2H3. The molecule has 5 nitrogen and oxygen atoms in total. The van der Waals surface area contributed by atoms with E-state index in [0.717, 1.165) is 6.20 Å². The molecule has 10 heteroatoms. The average molecular weight is 390 g/mol. The van der Waals surface area contributed by atoms with Gasteiger partial charge in [0.25, 0.3) is 5.56 Å². The fourth-order valence-electron chi connectivity index (χ4n) is 1.45. The van der Waals surface area contributed by atoms with Crippen LogP contribution in [0.4, 0.5) is 18.9 Å². The topological polar surface area (TPSA) is 64.0 Å². The molecule has 1 N–H and O–H groups in total. The molecule has 1 aromatic rings. The molecule has 0 radical (unpaired) electrons. The van der Waals surface area contributed by atoms with Gasteiger partial charge in [0.2, 0.25) is 0 Å². The largest absolute Gasteiger partial charge is 0.408 e. The summed E-state index contributed by atoms with van der Waals surface area (Å²) in [5, 5.41) is 6.36. The average Bonchev–Trinajstić information content (AvgIpc) is 2.36. The van der Waals surface area contributed by atoms with E-state index >= 15 is 0 Å². The van der Waals surface area contributed by atoms with Crippen LogP contribution in [0.25, 0.3) is 0 Å². The summed E-state index contributed by atoms with van der Waals surface area (Å²) in [5.74, 6) is 0. The van der Waals surface area contributed by atoms with Gasteiger partial charge >= 0.3 is 6.18 Å². The molecule has 120 valence electrons. The van der Waals surface area contributed by atoms with Crippen LogP contribution in [-0.4, -0.2) is 38.2 Å². The molecule has 1 rings (SSSR count). The Balaban J connectivity index is 2.76. The molecular weight excluding hydrogens is 375 g/mol. The summed E-state index contributed by atoms with van der Waals surface area (Å²) < 4.78 is 48.3. The van der Waals surface area contributed by atoms with Crippen LogP contribution in [0, 0.1) is 0 Å². The third kappa shape index (κ3) is 5.77. The number of alkyl halides is 3. The van der Waals surface area contributed by atoms with Gasteiger partial charge in [0.05, 0.1) is 11.9 Å². The van der Waals surface area contributed by atoms with Crippen molar-refractivity contribution >= 4 is 32.4 Å². The van der Waals surface area contributed by atoms with E-state index in [9.17, 15) is 22.2 Å². The van der Waals surface area contributed by atoms with E-state index in [1.165, 1.54) is 0 Å². The minimum absolute atomic E-state index is 0.00739. The number of rotatable bonds is 6. The van der Waals surface area contributed by atoms with Gasteiger partial charge in [-0.1, -0.05) is 6.92 Å². The second-order valence-electron chi connectivity index (χ2n) is 4.47. The molecular formula is C11H15BrF3N3O2S. The maximum Gasteiger partial charge on any atom is 0.408 e. The molecule has 0 aliphatic heterocycles. The van der Waals surface area contributed by atoms with Gasteiger partial charge in [-0.25, -0.2) is 4.68 Å². The normalized spacial score (nSPS) is 14.8. The number of aromatic nitrogens is 2. The van der Waals surface area contributed by atoms with Crippen molar-refractivity contribution in [1.29, 1.82) is 0 Å². The number of anilines is 1. The van der Waals surface area contributed by atoms with Gasteiger partial charge in [-0.2, -0.15) is 18.3 Å². The first-order chi connectivity index (χ1) is 9.61. The van der Waals surface area contributed by atoms with Crippen LogP contribution in [0.2, 0.25) is 0 Å². The molecule has 1 aromatic heterocycles. The van der Waals surface area contributed by atoms with E-state index in [0.29, 0.717) is 23.3 Å². The molecule has 0 aromatic carbocycles.